The summed E-state index contributed by atoms with van der Waals surface area (Å²) < 4.78 is 0. The molecule has 1 aliphatic heterocycles. The number of benzene rings is 2. The minimum absolute atomic E-state index is 0.0722. The molecule has 0 spiro atoms. The van der Waals surface area contributed by atoms with Crippen molar-refractivity contribution < 1.29 is 4.79 Å². The van der Waals surface area contributed by atoms with Gasteiger partial charge in [0.15, 0.2) is 5.43 Å². The highest BCUT2D eigenvalue weighted by Gasteiger charge is 2.20. The molecule has 3 aromatic rings. The predicted molar refractivity (Wildman–Crippen MR) is 125 cm³/mol. The van der Waals surface area contributed by atoms with Gasteiger partial charge in [0.25, 0.3) is 0 Å². The number of nitrogens with one attached hydrogen (secondary N) is 2. The number of hydrogen-bond donors (Lipinski definition) is 2. The molecular formula is C25H28ClN3O2. The molecule has 0 saturated carbocycles. The first-order valence-electron chi connectivity index (χ1n) is 10.9. The van der Waals surface area contributed by atoms with Gasteiger partial charge in [0, 0.05) is 47.2 Å². The van der Waals surface area contributed by atoms with Crippen molar-refractivity contribution in [3.05, 3.63) is 81.1 Å². The Labute approximate surface area is 187 Å². The lowest BCUT2D eigenvalue weighted by atomic mass is 9.92. The zero-order valence-electron chi connectivity index (χ0n) is 17.6. The topological polar surface area (TPSA) is 65.2 Å². The summed E-state index contributed by atoms with van der Waals surface area (Å²) in [6, 6.07) is 16.9. The number of likely N-dealkylation sites (tertiary alicyclic amines) is 1. The molecule has 162 valence electrons. The normalized spacial score (nSPS) is 15.3. The number of pyridine rings is 1. The van der Waals surface area contributed by atoms with Crippen molar-refractivity contribution in [2.24, 2.45) is 5.92 Å². The first-order valence-corrected chi connectivity index (χ1v) is 11.3. The number of nitrogens with zero attached hydrogens (tertiary/aromatic N) is 1. The van der Waals surface area contributed by atoms with Gasteiger partial charge in [0.1, 0.15) is 0 Å². The molecular weight excluding hydrogens is 410 g/mol. The van der Waals surface area contributed by atoms with Crippen LogP contribution in [0.2, 0.25) is 5.02 Å². The Morgan fingerprint density at radius 2 is 1.90 bits per heavy atom. The predicted octanol–water partition coefficient (Wildman–Crippen LogP) is 4.49. The number of rotatable bonds is 7. The van der Waals surface area contributed by atoms with E-state index in [2.05, 4.69) is 15.2 Å². The average Bonchev–Trinajstić information content (AvgIpc) is 2.77. The zero-order chi connectivity index (χ0) is 21.6. The standard InChI is InChI=1S/C25H28ClN3O2/c26-20-5-3-4-19(14-20)16-27-25(31)9-8-18-10-12-29(13-11-18)17-21-15-24(30)22-6-1-2-7-23(22)28-21/h1-7,14-15,18H,8-13,16-17H2,(H,27,31)(H,28,30). The van der Waals surface area contributed by atoms with E-state index in [1.807, 2.05) is 48.5 Å². The minimum atomic E-state index is 0.0722. The van der Waals surface area contributed by atoms with Gasteiger partial charge < -0.3 is 10.3 Å². The van der Waals surface area contributed by atoms with Crippen molar-refractivity contribution in [1.29, 1.82) is 0 Å². The van der Waals surface area contributed by atoms with Crippen LogP contribution in [-0.4, -0.2) is 28.9 Å². The SMILES string of the molecule is O=C(CCC1CCN(Cc2cc(=O)c3ccccc3[nH]2)CC1)NCc1cccc(Cl)c1. The van der Waals surface area contributed by atoms with Crippen LogP contribution in [-0.2, 0) is 17.9 Å². The van der Waals surface area contributed by atoms with Gasteiger partial charge in [-0.25, -0.2) is 0 Å². The van der Waals surface area contributed by atoms with Gasteiger partial charge in [0.2, 0.25) is 5.91 Å². The lowest BCUT2D eigenvalue weighted by Gasteiger charge is -2.31. The van der Waals surface area contributed by atoms with Crippen LogP contribution in [0.4, 0.5) is 0 Å². The molecule has 31 heavy (non-hydrogen) atoms. The maximum atomic E-state index is 12.3. The lowest BCUT2D eigenvalue weighted by molar-refractivity contribution is -0.121. The molecule has 0 unspecified atom stereocenters. The summed E-state index contributed by atoms with van der Waals surface area (Å²) in [5.74, 6) is 0.667. The summed E-state index contributed by atoms with van der Waals surface area (Å²) in [7, 11) is 0. The number of H-pyrrole nitrogens is 1. The van der Waals surface area contributed by atoms with Gasteiger partial charge in [-0.3, -0.25) is 14.5 Å². The van der Waals surface area contributed by atoms with Crippen LogP contribution < -0.4 is 10.7 Å². The van der Waals surface area contributed by atoms with E-state index in [4.69, 9.17) is 11.6 Å². The number of fused-ring (bicyclic) bond motifs is 1. The van der Waals surface area contributed by atoms with Crippen LogP contribution in [0.25, 0.3) is 10.9 Å². The second-order valence-corrected chi connectivity index (χ2v) is 8.81. The highest BCUT2D eigenvalue weighted by atomic mass is 35.5. The Balaban J connectivity index is 1.20. The lowest BCUT2D eigenvalue weighted by Crippen LogP contribution is -2.34. The number of piperidine rings is 1. The van der Waals surface area contributed by atoms with E-state index >= 15 is 0 Å². The van der Waals surface area contributed by atoms with E-state index in [0.717, 1.165) is 61.1 Å². The Kier molecular flexibility index (Phi) is 7.05. The molecule has 1 aromatic heterocycles. The van der Waals surface area contributed by atoms with Crippen molar-refractivity contribution in [3.63, 3.8) is 0 Å². The molecule has 1 amide bonds. The van der Waals surface area contributed by atoms with Crippen molar-refractivity contribution >= 4 is 28.4 Å². The van der Waals surface area contributed by atoms with Crippen LogP contribution >= 0.6 is 11.6 Å². The fourth-order valence-corrected chi connectivity index (χ4v) is 4.50. The molecule has 0 radical (unpaired) electrons. The number of aromatic nitrogens is 1. The first-order chi connectivity index (χ1) is 15.1. The summed E-state index contributed by atoms with van der Waals surface area (Å²) >= 11 is 5.98. The van der Waals surface area contributed by atoms with Crippen molar-refractivity contribution in [2.75, 3.05) is 13.1 Å². The highest BCUT2D eigenvalue weighted by Crippen LogP contribution is 2.23. The van der Waals surface area contributed by atoms with Gasteiger partial charge in [-0.15, -0.1) is 0 Å². The highest BCUT2D eigenvalue weighted by molar-refractivity contribution is 6.30. The van der Waals surface area contributed by atoms with Crippen molar-refractivity contribution in [3.8, 4) is 0 Å². The fourth-order valence-electron chi connectivity index (χ4n) is 4.28. The van der Waals surface area contributed by atoms with Gasteiger partial charge in [-0.2, -0.15) is 0 Å². The summed E-state index contributed by atoms with van der Waals surface area (Å²) in [5, 5.41) is 4.41. The maximum Gasteiger partial charge on any atom is 0.220 e. The molecule has 0 bridgehead atoms. The Bertz CT molecular complexity index is 1100. The largest absolute Gasteiger partial charge is 0.357 e. The van der Waals surface area contributed by atoms with Gasteiger partial charge in [0.05, 0.1) is 0 Å². The minimum Gasteiger partial charge on any atom is -0.357 e. The number of carbonyl (C=O) groups is 1. The van der Waals surface area contributed by atoms with E-state index in [1.165, 1.54) is 0 Å². The number of para-hydroxylation sites is 1. The Hall–Kier alpha value is -2.63. The quantitative estimate of drug-likeness (QED) is 0.572. The number of carbonyl (C=O) groups excluding carboxylic acids is 1. The molecule has 5 nitrogen and oxygen atoms in total. The molecule has 1 saturated heterocycles. The summed E-state index contributed by atoms with van der Waals surface area (Å²) in [6.07, 6.45) is 3.64. The molecule has 2 aromatic carbocycles. The molecule has 1 fully saturated rings. The van der Waals surface area contributed by atoms with E-state index in [9.17, 15) is 9.59 Å². The monoisotopic (exact) mass is 437 g/mol. The van der Waals surface area contributed by atoms with Crippen LogP contribution in [0, 0.1) is 5.92 Å². The molecule has 0 aliphatic carbocycles. The van der Waals surface area contributed by atoms with Crippen LogP contribution in [0.5, 0.6) is 0 Å². The smallest absolute Gasteiger partial charge is 0.220 e. The van der Waals surface area contributed by atoms with Gasteiger partial charge >= 0.3 is 0 Å². The van der Waals surface area contributed by atoms with E-state index in [-0.39, 0.29) is 11.3 Å². The van der Waals surface area contributed by atoms with Crippen LogP contribution in [0.15, 0.2) is 59.4 Å². The zero-order valence-corrected chi connectivity index (χ0v) is 18.3. The number of halogens is 1. The van der Waals surface area contributed by atoms with E-state index < -0.39 is 0 Å². The first kappa shape index (κ1) is 21.6. The third kappa shape index (κ3) is 5.96. The third-order valence-electron chi connectivity index (χ3n) is 6.05. The third-order valence-corrected chi connectivity index (χ3v) is 6.29. The van der Waals surface area contributed by atoms with Gasteiger partial charge in [-0.05, 0) is 68.1 Å². The number of hydrogen-bond acceptors (Lipinski definition) is 3. The Morgan fingerprint density at radius 3 is 2.71 bits per heavy atom. The number of amides is 1. The fraction of sp³-hybridized carbons (Fsp3) is 0.360. The van der Waals surface area contributed by atoms with Crippen LogP contribution in [0.1, 0.15) is 36.9 Å². The molecule has 4 rings (SSSR count). The van der Waals surface area contributed by atoms with E-state index in [0.29, 0.717) is 23.9 Å². The summed E-state index contributed by atoms with van der Waals surface area (Å²) in [4.78, 5) is 30.3. The van der Waals surface area contributed by atoms with E-state index in [1.54, 1.807) is 6.07 Å². The number of aromatic amines is 1. The summed E-state index contributed by atoms with van der Waals surface area (Å²) in [6.45, 7) is 3.25. The average molecular weight is 438 g/mol. The second-order valence-electron chi connectivity index (χ2n) is 8.37. The van der Waals surface area contributed by atoms with Crippen molar-refractivity contribution in [1.82, 2.24) is 15.2 Å². The molecule has 2 N–H and O–H groups in total. The van der Waals surface area contributed by atoms with Gasteiger partial charge in [-0.1, -0.05) is 35.9 Å². The molecule has 6 heteroatoms. The summed E-state index contributed by atoms with van der Waals surface area (Å²) in [5.41, 5.74) is 2.94. The molecule has 2 heterocycles. The molecule has 1 aliphatic rings. The van der Waals surface area contributed by atoms with Crippen molar-refractivity contribution in [2.45, 2.75) is 38.8 Å². The van der Waals surface area contributed by atoms with Crippen LogP contribution in [0.3, 0.4) is 0 Å². The molecule has 0 atom stereocenters. The maximum absolute atomic E-state index is 12.3. The Morgan fingerprint density at radius 1 is 1.10 bits per heavy atom. The second kappa shape index (κ2) is 10.1.